The fraction of sp³-hybridized carbons (Fsp3) is 0.333. The summed E-state index contributed by atoms with van der Waals surface area (Å²) in [6, 6.07) is 15.5. The van der Waals surface area contributed by atoms with E-state index in [1.807, 2.05) is 53.4 Å². The van der Waals surface area contributed by atoms with Crippen molar-refractivity contribution in [1.82, 2.24) is 4.90 Å². The van der Waals surface area contributed by atoms with Gasteiger partial charge in [0.15, 0.2) is 0 Å². The standard InChI is InChI=1S/C21H21NO4S/c1-25-19(23)13-27-14-10-11-22(12-14)21(24)20-15-6-2-4-8-17(15)26-18-9-5-3-7-16(18)20/h2-9,14,20H,10-13H2,1H3. The van der Waals surface area contributed by atoms with E-state index in [2.05, 4.69) is 0 Å². The number of methoxy groups -OCH3 is 1. The van der Waals surface area contributed by atoms with Crippen molar-refractivity contribution in [3.63, 3.8) is 0 Å². The van der Waals surface area contributed by atoms with E-state index in [-0.39, 0.29) is 23.0 Å². The molecule has 6 heteroatoms. The van der Waals surface area contributed by atoms with Crippen LogP contribution in [0.5, 0.6) is 11.5 Å². The number of hydrogen-bond acceptors (Lipinski definition) is 5. The second-order valence-electron chi connectivity index (χ2n) is 6.69. The quantitative estimate of drug-likeness (QED) is 0.757. The van der Waals surface area contributed by atoms with Crippen LogP contribution in [-0.4, -0.2) is 48.0 Å². The molecule has 1 fully saturated rings. The van der Waals surface area contributed by atoms with E-state index in [1.54, 1.807) is 11.8 Å². The van der Waals surface area contributed by atoms with E-state index in [4.69, 9.17) is 9.47 Å². The van der Waals surface area contributed by atoms with E-state index in [9.17, 15) is 9.59 Å². The predicted molar refractivity (Wildman–Crippen MR) is 104 cm³/mol. The van der Waals surface area contributed by atoms with E-state index in [1.165, 1.54) is 7.11 Å². The third-order valence-electron chi connectivity index (χ3n) is 5.05. The summed E-state index contributed by atoms with van der Waals surface area (Å²) in [5, 5.41) is 0.262. The number of fused-ring (bicyclic) bond motifs is 2. The number of nitrogens with zero attached hydrogens (tertiary/aromatic N) is 1. The van der Waals surface area contributed by atoms with Crippen LogP contribution in [0, 0.1) is 0 Å². The second kappa shape index (κ2) is 7.64. The summed E-state index contributed by atoms with van der Waals surface area (Å²) < 4.78 is 10.7. The number of para-hydroxylation sites is 2. The zero-order valence-electron chi connectivity index (χ0n) is 15.1. The number of likely N-dealkylation sites (tertiary alicyclic amines) is 1. The Morgan fingerprint density at radius 2 is 1.74 bits per heavy atom. The van der Waals surface area contributed by atoms with Crippen LogP contribution in [0.15, 0.2) is 48.5 Å². The van der Waals surface area contributed by atoms with Crippen LogP contribution >= 0.6 is 11.8 Å². The number of rotatable bonds is 4. The fourth-order valence-electron chi connectivity index (χ4n) is 3.67. The first-order valence-electron chi connectivity index (χ1n) is 9.00. The van der Waals surface area contributed by atoms with Gasteiger partial charge in [-0.15, -0.1) is 11.8 Å². The highest BCUT2D eigenvalue weighted by Crippen LogP contribution is 2.45. The van der Waals surface area contributed by atoms with Gasteiger partial charge >= 0.3 is 5.97 Å². The van der Waals surface area contributed by atoms with Gasteiger partial charge in [-0.25, -0.2) is 0 Å². The first-order valence-corrected chi connectivity index (χ1v) is 10.0. The molecule has 0 aromatic heterocycles. The van der Waals surface area contributed by atoms with Gasteiger partial charge in [-0.3, -0.25) is 9.59 Å². The van der Waals surface area contributed by atoms with Gasteiger partial charge in [0.25, 0.3) is 0 Å². The molecule has 4 rings (SSSR count). The zero-order valence-corrected chi connectivity index (χ0v) is 15.9. The molecule has 2 aromatic carbocycles. The molecular weight excluding hydrogens is 362 g/mol. The summed E-state index contributed by atoms with van der Waals surface area (Å²) in [4.78, 5) is 26.7. The van der Waals surface area contributed by atoms with Crippen LogP contribution in [0.3, 0.4) is 0 Å². The predicted octanol–water partition coefficient (Wildman–Crippen LogP) is 3.43. The highest BCUT2D eigenvalue weighted by molar-refractivity contribution is 8.00. The molecule has 2 aliphatic heterocycles. The number of benzene rings is 2. The second-order valence-corrected chi connectivity index (χ2v) is 7.98. The number of carbonyl (C=O) groups excluding carboxylic acids is 2. The minimum absolute atomic E-state index is 0.0966. The summed E-state index contributed by atoms with van der Waals surface area (Å²) in [7, 11) is 1.40. The molecule has 0 aliphatic carbocycles. The Kier molecular flexibility index (Phi) is 5.07. The van der Waals surface area contributed by atoms with Crippen LogP contribution < -0.4 is 4.74 Å². The van der Waals surface area contributed by atoms with Gasteiger partial charge in [-0.05, 0) is 18.6 Å². The lowest BCUT2D eigenvalue weighted by Gasteiger charge is -2.30. The number of ether oxygens (including phenoxy) is 2. The van der Waals surface area contributed by atoms with Crippen LogP contribution in [0.25, 0.3) is 0 Å². The van der Waals surface area contributed by atoms with Crippen LogP contribution in [-0.2, 0) is 14.3 Å². The van der Waals surface area contributed by atoms with Gasteiger partial charge in [0.1, 0.15) is 11.5 Å². The lowest BCUT2D eigenvalue weighted by Crippen LogP contribution is -2.35. The largest absolute Gasteiger partial charge is 0.468 e. The van der Waals surface area contributed by atoms with Crippen molar-refractivity contribution in [3.05, 3.63) is 59.7 Å². The topological polar surface area (TPSA) is 55.8 Å². The Morgan fingerprint density at radius 1 is 1.11 bits per heavy atom. The highest BCUT2D eigenvalue weighted by atomic mass is 32.2. The Labute approximate surface area is 162 Å². The zero-order chi connectivity index (χ0) is 18.8. The minimum Gasteiger partial charge on any atom is -0.468 e. The summed E-state index contributed by atoms with van der Waals surface area (Å²) >= 11 is 1.56. The number of carbonyl (C=O) groups is 2. The van der Waals surface area contributed by atoms with Gasteiger partial charge in [-0.1, -0.05) is 36.4 Å². The van der Waals surface area contributed by atoms with Crippen molar-refractivity contribution < 1.29 is 19.1 Å². The smallest absolute Gasteiger partial charge is 0.315 e. The molecule has 5 nitrogen and oxygen atoms in total. The summed E-state index contributed by atoms with van der Waals surface area (Å²) in [5.41, 5.74) is 1.82. The molecule has 1 atom stereocenters. The van der Waals surface area contributed by atoms with Gasteiger partial charge < -0.3 is 14.4 Å². The first-order chi connectivity index (χ1) is 13.2. The Balaban J connectivity index is 1.55. The maximum absolute atomic E-state index is 13.4. The molecule has 1 unspecified atom stereocenters. The molecule has 140 valence electrons. The van der Waals surface area contributed by atoms with E-state index >= 15 is 0 Å². The minimum atomic E-state index is -0.351. The van der Waals surface area contributed by atoms with Crippen LogP contribution in [0.2, 0.25) is 0 Å². The monoisotopic (exact) mass is 383 g/mol. The van der Waals surface area contributed by atoms with Crippen molar-refractivity contribution in [1.29, 1.82) is 0 Å². The summed E-state index contributed by atoms with van der Waals surface area (Å²) in [6.07, 6.45) is 0.889. The SMILES string of the molecule is COC(=O)CSC1CCN(C(=O)C2c3ccccc3Oc3ccccc32)C1. The number of hydrogen-bond donors (Lipinski definition) is 0. The number of thioether (sulfide) groups is 1. The van der Waals surface area contributed by atoms with Crippen molar-refractivity contribution >= 4 is 23.6 Å². The van der Waals surface area contributed by atoms with Gasteiger partial charge in [0.05, 0.1) is 18.8 Å². The third kappa shape index (κ3) is 3.54. The average molecular weight is 383 g/mol. The molecular formula is C21H21NO4S. The van der Waals surface area contributed by atoms with Crippen molar-refractivity contribution in [3.8, 4) is 11.5 Å². The molecule has 2 aromatic rings. The third-order valence-corrected chi connectivity index (χ3v) is 6.31. The lowest BCUT2D eigenvalue weighted by atomic mass is 9.87. The molecule has 2 heterocycles. The van der Waals surface area contributed by atoms with Crippen molar-refractivity contribution in [2.75, 3.05) is 26.0 Å². The Hall–Kier alpha value is -2.47. The molecule has 1 amide bonds. The van der Waals surface area contributed by atoms with Gasteiger partial charge in [0, 0.05) is 29.5 Å². The van der Waals surface area contributed by atoms with Crippen molar-refractivity contribution in [2.45, 2.75) is 17.6 Å². The molecule has 1 saturated heterocycles. The fourth-order valence-corrected chi connectivity index (χ4v) is 4.71. The average Bonchev–Trinajstić information content (AvgIpc) is 3.18. The van der Waals surface area contributed by atoms with E-state index in [0.29, 0.717) is 18.8 Å². The molecule has 0 saturated carbocycles. The van der Waals surface area contributed by atoms with Gasteiger partial charge in [0.2, 0.25) is 5.91 Å². The summed E-state index contributed by atoms with van der Waals surface area (Å²) in [6.45, 7) is 1.36. The van der Waals surface area contributed by atoms with Crippen LogP contribution in [0.1, 0.15) is 23.5 Å². The maximum Gasteiger partial charge on any atom is 0.315 e. The van der Waals surface area contributed by atoms with Gasteiger partial charge in [-0.2, -0.15) is 0 Å². The molecule has 0 spiro atoms. The lowest BCUT2D eigenvalue weighted by molar-refractivity contribution is -0.137. The Bertz CT molecular complexity index is 823. The van der Waals surface area contributed by atoms with Crippen molar-refractivity contribution in [2.24, 2.45) is 0 Å². The molecule has 0 bridgehead atoms. The normalized spacial score (nSPS) is 18.4. The van der Waals surface area contributed by atoms with E-state index in [0.717, 1.165) is 29.0 Å². The maximum atomic E-state index is 13.4. The number of esters is 1. The molecule has 0 radical (unpaired) electrons. The van der Waals surface area contributed by atoms with Crippen LogP contribution in [0.4, 0.5) is 0 Å². The highest BCUT2D eigenvalue weighted by Gasteiger charge is 2.37. The molecule has 27 heavy (non-hydrogen) atoms. The number of amides is 1. The van der Waals surface area contributed by atoms with E-state index < -0.39 is 0 Å². The summed E-state index contributed by atoms with van der Waals surface area (Å²) in [5.74, 6) is 1.33. The molecule has 2 aliphatic rings. The molecule has 0 N–H and O–H groups in total. The first kappa shape index (κ1) is 17.9. The Morgan fingerprint density at radius 3 is 2.37 bits per heavy atom.